The highest BCUT2D eigenvalue weighted by molar-refractivity contribution is 5.66. The van der Waals surface area contributed by atoms with Crippen molar-refractivity contribution in [2.45, 2.75) is 13.3 Å². The quantitative estimate of drug-likeness (QED) is 0.896. The first kappa shape index (κ1) is 12.6. The first-order valence-electron chi connectivity index (χ1n) is 5.94. The first-order chi connectivity index (χ1) is 8.65. The second-order valence-electron chi connectivity index (χ2n) is 4.34. The fourth-order valence-corrected chi connectivity index (χ4v) is 2.01. The number of aryl methyl sites for hydroxylation is 2. The van der Waals surface area contributed by atoms with E-state index in [-0.39, 0.29) is 6.61 Å². The Morgan fingerprint density at radius 2 is 2.17 bits per heavy atom. The first-order valence-corrected chi connectivity index (χ1v) is 5.94. The summed E-state index contributed by atoms with van der Waals surface area (Å²) in [5.74, 6) is 1.67. The van der Waals surface area contributed by atoms with Gasteiger partial charge in [-0.15, -0.1) is 0 Å². The van der Waals surface area contributed by atoms with Crippen LogP contribution in [0.3, 0.4) is 0 Å². The number of imidazole rings is 1. The largest absolute Gasteiger partial charge is 0.496 e. The van der Waals surface area contributed by atoms with E-state index in [1.54, 1.807) is 7.11 Å². The molecule has 1 aromatic heterocycles. The summed E-state index contributed by atoms with van der Waals surface area (Å²) < 4.78 is 7.34. The molecule has 96 valence electrons. The maximum absolute atomic E-state index is 8.96. The molecule has 0 aliphatic carbocycles. The number of hydrogen-bond donors (Lipinski definition) is 1. The van der Waals surface area contributed by atoms with E-state index in [4.69, 9.17) is 9.84 Å². The Bertz CT molecular complexity index is 547. The van der Waals surface area contributed by atoms with Gasteiger partial charge in [0.2, 0.25) is 0 Å². The van der Waals surface area contributed by atoms with Gasteiger partial charge >= 0.3 is 0 Å². The molecule has 0 amide bonds. The minimum absolute atomic E-state index is 0.113. The number of rotatable bonds is 4. The van der Waals surface area contributed by atoms with Crippen LogP contribution in [0.4, 0.5) is 0 Å². The van der Waals surface area contributed by atoms with Crippen LogP contribution in [0.15, 0.2) is 24.4 Å². The lowest BCUT2D eigenvalue weighted by molar-refractivity contribution is 0.298. The SMILES string of the molecule is COc1ccc(C)cc1-c1nc(CCO)cn1C. The van der Waals surface area contributed by atoms with Crippen LogP contribution in [0.25, 0.3) is 11.4 Å². The van der Waals surface area contributed by atoms with E-state index in [0.29, 0.717) is 6.42 Å². The predicted octanol–water partition coefficient (Wildman–Crippen LogP) is 1.94. The molecule has 0 atom stereocenters. The molecule has 4 nitrogen and oxygen atoms in total. The molecular formula is C14H18N2O2. The van der Waals surface area contributed by atoms with E-state index in [1.165, 1.54) is 0 Å². The number of aromatic nitrogens is 2. The molecule has 0 saturated carbocycles. The van der Waals surface area contributed by atoms with Gasteiger partial charge in [-0.1, -0.05) is 11.6 Å². The Hall–Kier alpha value is -1.81. The molecule has 1 aromatic carbocycles. The van der Waals surface area contributed by atoms with Crippen molar-refractivity contribution in [3.8, 4) is 17.1 Å². The summed E-state index contributed by atoms with van der Waals surface area (Å²) >= 11 is 0. The van der Waals surface area contributed by atoms with Crippen LogP contribution in [-0.4, -0.2) is 28.4 Å². The van der Waals surface area contributed by atoms with Gasteiger partial charge in [-0.2, -0.15) is 0 Å². The number of benzene rings is 1. The van der Waals surface area contributed by atoms with Crippen LogP contribution in [0.2, 0.25) is 0 Å². The van der Waals surface area contributed by atoms with Crippen molar-refractivity contribution in [1.82, 2.24) is 9.55 Å². The highest BCUT2D eigenvalue weighted by atomic mass is 16.5. The number of methoxy groups -OCH3 is 1. The average molecular weight is 246 g/mol. The zero-order valence-corrected chi connectivity index (χ0v) is 11.0. The summed E-state index contributed by atoms with van der Waals surface area (Å²) in [4.78, 5) is 4.54. The van der Waals surface area contributed by atoms with Gasteiger partial charge in [-0.3, -0.25) is 0 Å². The lowest BCUT2D eigenvalue weighted by Gasteiger charge is -2.09. The monoisotopic (exact) mass is 246 g/mol. The summed E-state index contributed by atoms with van der Waals surface area (Å²) in [6.45, 7) is 2.15. The third-order valence-electron chi connectivity index (χ3n) is 2.89. The van der Waals surface area contributed by atoms with E-state index in [2.05, 4.69) is 11.1 Å². The molecule has 0 aliphatic heterocycles. The summed E-state index contributed by atoms with van der Waals surface area (Å²) in [6.07, 6.45) is 2.51. The lowest BCUT2D eigenvalue weighted by atomic mass is 10.1. The highest BCUT2D eigenvalue weighted by Crippen LogP contribution is 2.29. The topological polar surface area (TPSA) is 47.3 Å². The van der Waals surface area contributed by atoms with Gasteiger partial charge in [0.05, 0.1) is 18.4 Å². The lowest BCUT2D eigenvalue weighted by Crippen LogP contribution is -1.95. The zero-order chi connectivity index (χ0) is 13.1. The van der Waals surface area contributed by atoms with E-state index in [9.17, 15) is 0 Å². The number of hydrogen-bond acceptors (Lipinski definition) is 3. The van der Waals surface area contributed by atoms with E-state index in [1.807, 2.05) is 36.9 Å². The molecule has 0 bridgehead atoms. The number of aliphatic hydroxyl groups excluding tert-OH is 1. The third-order valence-corrected chi connectivity index (χ3v) is 2.89. The number of aliphatic hydroxyl groups is 1. The molecule has 2 rings (SSSR count). The van der Waals surface area contributed by atoms with Gasteiger partial charge in [0.1, 0.15) is 11.6 Å². The molecule has 0 spiro atoms. The average Bonchev–Trinajstić information content (AvgIpc) is 2.70. The summed E-state index contributed by atoms with van der Waals surface area (Å²) in [7, 11) is 3.61. The maximum Gasteiger partial charge on any atom is 0.143 e. The fraction of sp³-hybridized carbons (Fsp3) is 0.357. The van der Waals surface area contributed by atoms with Crippen molar-refractivity contribution < 1.29 is 9.84 Å². The van der Waals surface area contributed by atoms with Crippen LogP contribution in [0.5, 0.6) is 5.75 Å². The molecule has 18 heavy (non-hydrogen) atoms. The van der Waals surface area contributed by atoms with Gasteiger partial charge in [0.25, 0.3) is 0 Å². The minimum Gasteiger partial charge on any atom is -0.496 e. The van der Waals surface area contributed by atoms with Crippen molar-refractivity contribution in [1.29, 1.82) is 0 Å². The van der Waals surface area contributed by atoms with Gasteiger partial charge < -0.3 is 14.4 Å². The van der Waals surface area contributed by atoms with Gasteiger partial charge in [-0.25, -0.2) is 4.98 Å². The zero-order valence-electron chi connectivity index (χ0n) is 11.0. The molecular weight excluding hydrogens is 228 g/mol. The van der Waals surface area contributed by atoms with E-state index < -0.39 is 0 Å². The molecule has 4 heteroatoms. The van der Waals surface area contributed by atoms with Crippen molar-refractivity contribution in [3.63, 3.8) is 0 Å². The Morgan fingerprint density at radius 1 is 1.39 bits per heavy atom. The van der Waals surface area contributed by atoms with Gasteiger partial charge in [0, 0.05) is 26.3 Å². The maximum atomic E-state index is 8.96. The molecule has 1 N–H and O–H groups in total. The molecule has 0 unspecified atom stereocenters. The fourth-order valence-electron chi connectivity index (χ4n) is 2.01. The smallest absolute Gasteiger partial charge is 0.143 e. The number of ether oxygens (including phenoxy) is 1. The van der Waals surface area contributed by atoms with Gasteiger partial charge in [-0.05, 0) is 19.1 Å². The second kappa shape index (κ2) is 5.23. The van der Waals surface area contributed by atoms with Crippen molar-refractivity contribution in [2.75, 3.05) is 13.7 Å². The Morgan fingerprint density at radius 3 is 2.83 bits per heavy atom. The normalized spacial score (nSPS) is 10.7. The number of nitrogens with zero attached hydrogens (tertiary/aromatic N) is 2. The van der Waals surface area contributed by atoms with Crippen molar-refractivity contribution in [3.05, 3.63) is 35.7 Å². The van der Waals surface area contributed by atoms with Crippen molar-refractivity contribution >= 4 is 0 Å². The summed E-state index contributed by atoms with van der Waals surface area (Å²) in [6, 6.07) is 6.02. The molecule has 0 saturated heterocycles. The van der Waals surface area contributed by atoms with Gasteiger partial charge in [0.15, 0.2) is 0 Å². The van der Waals surface area contributed by atoms with E-state index >= 15 is 0 Å². The molecule has 0 fully saturated rings. The van der Waals surface area contributed by atoms with Crippen LogP contribution >= 0.6 is 0 Å². The minimum atomic E-state index is 0.113. The Kier molecular flexibility index (Phi) is 3.67. The Balaban J connectivity index is 2.50. The molecule has 2 aromatic rings. The standard InChI is InChI=1S/C14H18N2O2/c1-10-4-5-13(18-3)12(8-10)14-15-11(6-7-17)9-16(14)2/h4-5,8-9,17H,6-7H2,1-3H3. The molecule has 1 heterocycles. The molecule has 0 radical (unpaired) electrons. The highest BCUT2D eigenvalue weighted by Gasteiger charge is 2.12. The third kappa shape index (κ3) is 2.38. The Labute approximate surface area is 107 Å². The van der Waals surface area contributed by atoms with Crippen molar-refractivity contribution in [2.24, 2.45) is 7.05 Å². The van der Waals surface area contributed by atoms with Crippen LogP contribution in [0.1, 0.15) is 11.3 Å². The predicted molar refractivity (Wildman–Crippen MR) is 70.7 cm³/mol. The second-order valence-corrected chi connectivity index (χ2v) is 4.34. The summed E-state index contributed by atoms with van der Waals surface area (Å²) in [5.41, 5.74) is 3.03. The molecule has 0 aliphatic rings. The van der Waals surface area contributed by atoms with Crippen LogP contribution in [-0.2, 0) is 13.5 Å². The summed E-state index contributed by atoms with van der Waals surface area (Å²) in [5, 5.41) is 8.96. The van der Waals surface area contributed by atoms with Crippen LogP contribution < -0.4 is 4.74 Å². The van der Waals surface area contributed by atoms with Crippen LogP contribution in [0, 0.1) is 6.92 Å². The van der Waals surface area contributed by atoms with E-state index in [0.717, 1.165) is 28.4 Å².